The summed E-state index contributed by atoms with van der Waals surface area (Å²) in [5, 5.41) is 1.05. The molecule has 0 aliphatic carbocycles. The maximum atomic E-state index is 5.61. The van der Waals surface area contributed by atoms with E-state index in [1.54, 1.807) is 13.3 Å². The second-order valence-electron chi connectivity index (χ2n) is 4.95. The molecular formula is C15H18BN2O2. The van der Waals surface area contributed by atoms with Crippen molar-refractivity contribution in [2.24, 2.45) is 0 Å². The summed E-state index contributed by atoms with van der Waals surface area (Å²) in [6.07, 6.45) is 3.88. The number of benzene rings is 1. The first-order valence-electron chi connectivity index (χ1n) is 6.96. The minimum atomic E-state index is 0.273. The molecule has 1 aromatic heterocycles. The van der Waals surface area contributed by atoms with Crippen LogP contribution in [0.1, 0.15) is 13.3 Å². The van der Waals surface area contributed by atoms with Crippen molar-refractivity contribution >= 4 is 24.1 Å². The molecule has 0 N–H and O–H groups in total. The molecule has 0 saturated carbocycles. The Morgan fingerprint density at radius 2 is 2.35 bits per heavy atom. The van der Waals surface area contributed by atoms with Crippen molar-refractivity contribution in [2.75, 3.05) is 25.0 Å². The number of fused-ring (bicyclic) bond motifs is 1. The van der Waals surface area contributed by atoms with Crippen LogP contribution >= 0.6 is 0 Å². The van der Waals surface area contributed by atoms with E-state index in [0.29, 0.717) is 0 Å². The van der Waals surface area contributed by atoms with E-state index in [2.05, 4.69) is 28.9 Å². The summed E-state index contributed by atoms with van der Waals surface area (Å²) in [5.74, 6) is 0.862. The van der Waals surface area contributed by atoms with Crippen molar-refractivity contribution in [1.29, 1.82) is 0 Å². The van der Waals surface area contributed by atoms with Crippen molar-refractivity contribution in [1.82, 2.24) is 4.98 Å². The molecule has 1 aromatic carbocycles. The number of pyridine rings is 1. The van der Waals surface area contributed by atoms with Gasteiger partial charge in [-0.25, -0.2) is 0 Å². The van der Waals surface area contributed by atoms with Gasteiger partial charge in [-0.15, -0.1) is 0 Å². The Kier molecular flexibility index (Phi) is 3.78. The predicted molar refractivity (Wildman–Crippen MR) is 81.4 cm³/mol. The van der Waals surface area contributed by atoms with E-state index in [9.17, 15) is 0 Å². The maximum absolute atomic E-state index is 5.61. The van der Waals surface area contributed by atoms with Gasteiger partial charge in [0, 0.05) is 30.3 Å². The zero-order valence-corrected chi connectivity index (χ0v) is 11.9. The van der Waals surface area contributed by atoms with E-state index in [1.807, 2.05) is 19.6 Å². The Labute approximate surface area is 120 Å². The number of ether oxygens (including phenoxy) is 1. The quantitative estimate of drug-likeness (QED) is 0.801. The average Bonchev–Trinajstić information content (AvgIpc) is 2.53. The lowest BCUT2D eigenvalue weighted by molar-refractivity contribution is 0.199. The van der Waals surface area contributed by atoms with Gasteiger partial charge in [0.05, 0.1) is 18.7 Å². The van der Waals surface area contributed by atoms with E-state index in [1.165, 1.54) is 5.69 Å². The van der Waals surface area contributed by atoms with Crippen LogP contribution < -0.4 is 9.64 Å². The summed E-state index contributed by atoms with van der Waals surface area (Å²) in [6.45, 7) is 3.07. The molecule has 3 rings (SSSR count). The Bertz CT molecular complexity index is 605. The minimum absolute atomic E-state index is 0.273. The van der Waals surface area contributed by atoms with E-state index in [-0.39, 0.29) is 6.10 Å². The molecule has 1 fully saturated rings. The fraction of sp³-hybridized carbons (Fsp3) is 0.400. The van der Waals surface area contributed by atoms with Crippen LogP contribution in [0.5, 0.6) is 5.75 Å². The lowest BCUT2D eigenvalue weighted by Gasteiger charge is -2.34. The Balaban J connectivity index is 1.95. The van der Waals surface area contributed by atoms with Crippen LogP contribution in [-0.2, 0) is 4.65 Å². The summed E-state index contributed by atoms with van der Waals surface area (Å²) >= 11 is 0. The SMILES string of the molecule is CCC1CN(c2ccc3nccc(OC)c3c2)C[B]O1. The standard InChI is InChI=1S/C15H18BN2O2/c1-3-12-9-18(10-16-20-12)11-4-5-14-13(8-11)15(19-2)6-7-17-14/h4-8,12H,3,9-10H2,1-2H3. The van der Waals surface area contributed by atoms with Gasteiger partial charge >= 0.3 is 7.48 Å². The molecule has 4 nitrogen and oxygen atoms in total. The van der Waals surface area contributed by atoms with E-state index < -0.39 is 0 Å². The molecule has 0 amide bonds. The van der Waals surface area contributed by atoms with Crippen LogP contribution in [0.25, 0.3) is 10.9 Å². The number of anilines is 1. The van der Waals surface area contributed by atoms with Crippen LogP contribution in [0.15, 0.2) is 30.5 Å². The maximum Gasteiger partial charge on any atom is 0.313 e. The highest BCUT2D eigenvalue weighted by atomic mass is 16.5. The molecule has 0 bridgehead atoms. The van der Waals surface area contributed by atoms with Gasteiger partial charge in [-0.05, 0) is 30.7 Å². The minimum Gasteiger partial charge on any atom is -0.496 e. The second kappa shape index (κ2) is 5.71. The normalized spacial score (nSPS) is 18.9. The largest absolute Gasteiger partial charge is 0.496 e. The molecule has 20 heavy (non-hydrogen) atoms. The summed E-state index contributed by atoms with van der Waals surface area (Å²) in [5.41, 5.74) is 2.14. The zero-order valence-electron chi connectivity index (χ0n) is 11.9. The highest BCUT2D eigenvalue weighted by Crippen LogP contribution is 2.28. The van der Waals surface area contributed by atoms with Crippen LogP contribution in [0.2, 0.25) is 0 Å². The third-order valence-corrected chi connectivity index (χ3v) is 3.73. The smallest absolute Gasteiger partial charge is 0.313 e. The summed E-state index contributed by atoms with van der Waals surface area (Å²) in [6, 6.07) is 8.20. The number of hydrogen-bond acceptors (Lipinski definition) is 4. The van der Waals surface area contributed by atoms with Crippen LogP contribution in [0, 0.1) is 0 Å². The van der Waals surface area contributed by atoms with Crippen molar-refractivity contribution < 1.29 is 9.39 Å². The zero-order chi connectivity index (χ0) is 13.9. The monoisotopic (exact) mass is 269 g/mol. The first-order chi connectivity index (χ1) is 9.81. The molecule has 1 unspecified atom stereocenters. The Morgan fingerprint density at radius 3 is 3.15 bits per heavy atom. The molecule has 1 radical (unpaired) electrons. The van der Waals surface area contributed by atoms with Gasteiger partial charge in [0.1, 0.15) is 5.75 Å². The van der Waals surface area contributed by atoms with Gasteiger partial charge in [-0.2, -0.15) is 0 Å². The lowest BCUT2D eigenvalue weighted by atomic mass is 9.95. The van der Waals surface area contributed by atoms with Crippen molar-refractivity contribution in [2.45, 2.75) is 19.4 Å². The van der Waals surface area contributed by atoms with E-state index in [4.69, 9.17) is 9.39 Å². The lowest BCUT2D eigenvalue weighted by Crippen LogP contribution is -2.43. The molecule has 2 heterocycles. The fourth-order valence-electron chi connectivity index (χ4n) is 2.55. The molecule has 2 aromatic rings. The molecule has 5 heteroatoms. The second-order valence-corrected chi connectivity index (χ2v) is 4.95. The topological polar surface area (TPSA) is 34.6 Å². The third-order valence-electron chi connectivity index (χ3n) is 3.73. The molecule has 1 atom stereocenters. The van der Waals surface area contributed by atoms with Gasteiger partial charge in [0.15, 0.2) is 0 Å². The average molecular weight is 269 g/mol. The first-order valence-corrected chi connectivity index (χ1v) is 6.96. The van der Waals surface area contributed by atoms with Crippen molar-refractivity contribution in [3.8, 4) is 5.75 Å². The van der Waals surface area contributed by atoms with E-state index in [0.717, 1.165) is 36.1 Å². The Hall–Kier alpha value is -1.75. The number of methoxy groups -OCH3 is 1. The van der Waals surface area contributed by atoms with Gasteiger partial charge in [-0.1, -0.05) is 6.92 Å². The fourth-order valence-corrected chi connectivity index (χ4v) is 2.55. The summed E-state index contributed by atoms with van der Waals surface area (Å²) in [4.78, 5) is 6.70. The number of rotatable bonds is 3. The molecule has 1 aliphatic rings. The molecule has 0 spiro atoms. The molecule has 1 saturated heterocycles. The summed E-state index contributed by atoms with van der Waals surface area (Å²) < 4.78 is 11.0. The van der Waals surface area contributed by atoms with Gasteiger partial charge in [0.2, 0.25) is 0 Å². The van der Waals surface area contributed by atoms with Crippen molar-refractivity contribution in [3.63, 3.8) is 0 Å². The van der Waals surface area contributed by atoms with Gasteiger partial charge < -0.3 is 14.3 Å². The van der Waals surface area contributed by atoms with Crippen LogP contribution in [0.4, 0.5) is 5.69 Å². The highest BCUT2D eigenvalue weighted by molar-refractivity contribution is 6.28. The summed E-state index contributed by atoms with van der Waals surface area (Å²) in [7, 11) is 3.58. The first kappa shape index (κ1) is 13.2. The van der Waals surface area contributed by atoms with Gasteiger partial charge in [-0.3, -0.25) is 4.98 Å². The van der Waals surface area contributed by atoms with E-state index >= 15 is 0 Å². The number of nitrogens with zero attached hydrogens (tertiary/aromatic N) is 2. The van der Waals surface area contributed by atoms with Crippen LogP contribution in [0.3, 0.4) is 0 Å². The van der Waals surface area contributed by atoms with Crippen LogP contribution in [-0.4, -0.2) is 38.7 Å². The number of aromatic nitrogens is 1. The molecule has 1 aliphatic heterocycles. The molecule has 103 valence electrons. The predicted octanol–water partition coefficient (Wildman–Crippen LogP) is 2.44. The third kappa shape index (κ3) is 2.45. The van der Waals surface area contributed by atoms with Crippen molar-refractivity contribution in [3.05, 3.63) is 30.5 Å². The van der Waals surface area contributed by atoms with Gasteiger partial charge in [0.25, 0.3) is 0 Å². The number of hydrogen-bond donors (Lipinski definition) is 0. The highest BCUT2D eigenvalue weighted by Gasteiger charge is 2.20. The molecular weight excluding hydrogens is 251 g/mol. The Morgan fingerprint density at radius 1 is 1.45 bits per heavy atom.